The number of halogens is 1. The van der Waals surface area contributed by atoms with Gasteiger partial charge in [0.15, 0.2) is 0 Å². The van der Waals surface area contributed by atoms with Crippen LogP contribution in [0.2, 0.25) is 0 Å². The summed E-state index contributed by atoms with van der Waals surface area (Å²) < 4.78 is 1.69. The van der Waals surface area contributed by atoms with Crippen molar-refractivity contribution < 1.29 is 0 Å². The van der Waals surface area contributed by atoms with Gasteiger partial charge in [-0.3, -0.25) is 4.68 Å². The summed E-state index contributed by atoms with van der Waals surface area (Å²) in [5.74, 6) is 0. The number of hydrogen-bond acceptors (Lipinski definition) is 3. The molecule has 1 unspecified atom stereocenters. The first kappa shape index (κ1) is 10.5. The molecule has 0 spiro atoms. The van der Waals surface area contributed by atoms with Crippen molar-refractivity contribution in [2.24, 2.45) is 7.05 Å². The number of nitrogens with one attached hydrogen (secondary N) is 1. The molecule has 0 saturated heterocycles. The lowest BCUT2D eigenvalue weighted by Crippen LogP contribution is -2.22. The van der Waals surface area contributed by atoms with E-state index in [0.717, 1.165) is 25.2 Å². The first-order valence-corrected chi connectivity index (χ1v) is 4.86. The summed E-state index contributed by atoms with van der Waals surface area (Å²) in [6, 6.07) is 0. The lowest BCUT2D eigenvalue weighted by atomic mass is 10.3. The third kappa shape index (κ3) is 3.74. The van der Waals surface area contributed by atoms with Crippen LogP contribution >= 0.6 is 11.6 Å². The summed E-state index contributed by atoms with van der Waals surface area (Å²) in [7, 11) is 1.85. The molecule has 1 aromatic rings. The van der Waals surface area contributed by atoms with E-state index in [9.17, 15) is 0 Å². The molecule has 4 nitrogen and oxygen atoms in total. The van der Waals surface area contributed by atoms with Crippen molar-refractivity contribution in [1.29, 1.82) is 0 Å². The molecule has 1 atom stereocenters. The van der Waals surface area contributed by atoms with Gasteiger partial charge in [0.05, 0.1) is 5.69 Å². The second-order valence-corrected chi connectivity index (χ2v) is 3.64. The standard InChI is InChI=1S/C8H15ClN4/c1-3-7(9)4-10-5-8-6-13(2)12-11-8/h6-7,10H,3-5H2,1-2H3. The zero-order valence-electron chi connectivity index (χ0n) is 8.00. The molecule has 0 bridgehead atoms. The van der Waals surface area contributed by atoms with Crippen LogP contribution in [0.15, 0.2) is 6.20 Å². The van der Waals surface area contributed by atoms with Gasteiger partial charge >= 0.3 is 0 Å². The highest BCUT2D eigenvalue weighted by Gasteiger charge is 2.01. The van der Waals surface area contributed by atoms with E-state index in [0.29, 0.717) is 0 Å². The molecule has 0 fully saturated rings. The second kappa shape index (κ2) is 5.19. The van der Waals surface area contributed by atoms with Crippen LogP contribution in [-0.2, 0) is 13.6 Å². The Labute approximate surface area is 83.3 Å². The number of hydrogen-bond donors (Lipinski definition) is 1. The number of alkyl halides is 1. The van der Waals surface area contributed by atoms with Crippen molar-refractivity contribution in [3.8, 4) is 0 Å². The Bertz CT molecular complexity index is 248. The van der Waals surface area contributed by atoms with Crippen LogP contribution < -0.4 is 5.32 Å². The van der Waals surface area contributed by atoms with Crippen LogP contribution in [-0.4, -0.2) is 26.9 Å². The van der Waals surface area contributed by atoms with Gasteiger partial charge in [-0.2, -0.15) is 0 Å². The molecule has 1 heterocycles. The molecule has 0 aliphatic carbocycles. The molecule has 74 valence electrons. The van der Waals surface area contributed by atoms with E-state index in [1.807, 2.05) is 13.2 Å². The Kier molecular flexibility index (Phi) is 4.18. The maximum Gasteiger partial charge on any atom is 0.0964 e. The molecular formula is C8H15ClN4. The van der Waals surface area contributed by atoms with Crippen molar-refractivity contribution in [2.45, 2.75) is 25.3 Å². The minimum Gasteiger partial charge on any atom is -0.310 e. The molecule has 0 saturated carbocycles. The predicted molar refractivity (Wildman–Crippen MR) is 52.6 cm³/mol. The first-order chi connectivity index (χ1) is 6.22. The van der Waals surface area contributed by atoms with Crippen LogP contribution in [0.3, 0.4) is 0 Å². The Balaban J connectivity index is 2.20. The highest BCUT2D eigenvalue weighted by Crippen LogP contribution is 1.99. The highest BCUT2D eigenvalue weighted by molar-refractivity contribution is 6.20. The molecule has 5 heteroatoms. The van der Waals surface area contributed by atoms with Crippen molar-refractivity contribution in [2.75, 3.05) is 6.54 Å². The third-order valence-corrected chi connectivity index (χ3v) is 2.23. The predicted octanol–water partition coefficient (Wildman–Crippen LogP) is 0.922. The van der Waals surface area contributed by atoms with Gasteiger partial charge in [0.25, 0.3) is 0 Å². The smallest absolute Gasteiger partial charge is 0.0964 e. The van der Waals surface area contributed by atoms with Crippen molar-refractivity contribution in [3.63, 3.8) is 0 Å². The van der Waals surface area contributed by atoms with Crippen LogP contribution in [0, 0.1) is 0 Å². The quantitative estimate of drug-likeness (QED) is 0.723. The van der Waals surface area contributed by atoms with E-state index in [-0.39, 0.29) is 5.38 Å². The summed E-state index contributed by atoms with van der Waals surface area (Å²) in [6.07, 6.45) is 2.87. The summed E-state index contributed by atoms with van der Waals surface area (Å²) in [4.78, 5) is 0. The fourth-order valence-electron chi connectivity index (χ4n) is 0.977. The molecule has 0 aliphatic heterocycles. The Hall–Kier alpha value is -0.610. The van der Waals surface area contributed by atoms with Gasteiger partial charge in [-0.1, -0.05) is 12.1 Å². The lowest BCUT2D eigenvalue weighted by Gasteiger charge is -2.05. The van der Waals surface area contributed by atoms with Gasteiger partial charge < -0.3 is 5.32 Å². The van der Waals surface area contributed by atoms with E-state index in [4.69, 9.17) is 11.6 Å². The summed E-state index contributed by atoms with van der Waals surface area (Å²) in [6.45, 7) is 3.62. The van der Waals surface area contributed by atoms with Gasteiger partial charge in [0.1, 0.15) is 0 Å². The Morgan fingerprint density at radius 3 is 3.00 bits per heavy atom. The molecule has 0 radical (unpaired) electrons. The van der Waals surface area contributed by atoms with Crippen LogP contribution in [0.1, 0.15) is 19.0 Å². The minimum atomic E-state index is 0.205. The van der Waals surface area contributed by atoms with Gasteiger partial charge in [-0.15, -0.1) is 16.7 Å². The van der Waals surface area contributed by atoms with Gasteiger partial charge in [0.2, 0.25) is 0 Å². The van der Waals surface area contributed by atoms with Gasteiger partial charge in [-0.25, -0.2) is 0 Å². The molecule has 13 heavy (non-hydrogen) atoms. The summed E-state index contributed by atoms with van der Waals surface area (Å²) in [5.41, 5.74) is 0.947. The van der Waals surface area contributed by atoms with E-state index >= 15 is 0 Å². The average molecular weight is 203 g/mol. The third-order valence-electron chi connectivity index (χ3n) is 1.77. The molecule has 1 rings (SSSR count). The second-order valence-electron chi connectivity index (χ2n) is 3.02. The Morgan fingerprint density at radius 2 is 2.46 bits per heavy atom. The molecule has 0 aromatic carbocycles. The molecule has 0 aliphatic rings. The van der Waals surface area contributed by atoms with Crippen LogP contribution in [0.5, 0.6) is 0 Å². The number of aryl methyl sites for hydroxylation is 1. The van der Waals surface area contributed by atoms with E-state index in [1.54, 1.807) is 4.68 Å². The van der Waals surface area contributed by atoms with E-state index < -0.39 is 0 Å². The van der Waals surface area contributed by atoms with Gasteiger partial charge in [-0.05, 0) is 6.42 Å². The number of rotatable bonds is 5. The number of aromatic nitrogens is 3. The first-order valence-electron chi connectivity index (χ1n) is 4.42. The summed E-state index contributed by atoms with van der Waals surface area (Å²) in [5, 5.41) is 11.2. The molecule has 1 N–H and O–H groups in total. The van der Waals surface area contributed by atoms with Crippen molar-refractivity contribution in [3.05, 3.63) is 11.9 Å². The average Bonchev–Trinajstić information content (AvgIpc) is 2.51. The van der Waals surface area contributed by atoms with Crippen LogP contribution in [0.4, 0.5) is 0 Å². The zero-order valence-corrected chi connectivity index (χ0v) is 8.75. The molecule has 1 aromatic heterocycles. The minimum absolute atomic E-state index is 0.205. The summed E-state index contributed by atoms with van der Waals surface area (Å²) >= 11 is 5.93. The highest BCUT2D eigenvalue weighted by atomic mass is 35.5. The maximum absolute atomic E-state index is 5.93. The monoisotopic (exact) mass is 202 g/mol. The molecular weight excluding hydrogens is 188 g/mol. The Morgan fingerprint density at radius 1 is 1.69 bits per heavy atom. The normalized spacial score (nSPS) is 13.2. The largest absolute Gasteiger partial charge is 0.310 e. The fourth-order valence-corrected chi connectivity index (χ4v) is 1.09. The zero-order chi connectivity index (χ0) is 9.68. The SMILES string of the molecule is CCC(Cl)CNCc1cn(C)nn1. The van der Waals surface area contributed by atoms with Crippen molar-refractivity contribution >= 4 is 11.6 Å². The fraction of sp³-hybridized carbons (Fsp3) is 0.750. The number of nitrogens with zero attached hydrogens (tertiary/aromatic N) is 3. The van der Waals surface area contributed by atoms with E-state index in [1.165, 1.54) is 0 Å². The molecule has 0 amide bonds. The van der Waals surface area contributed by atoms with Crippen LogP contribution in [0.25, 0.3) is 0 Å². The topological polar surface area (TPSA) is 42.7 Å². The van der Waals surface area contributed by atoms with Crippen molar-refractivity contribution in [1.82, 2.24) is 20.3 Å². The van der Waals surface area contributed by atoms with Gasteiger partial charge in [0, 0.05) is 31.7 Å². The lowest BCUT2D eigenvalue weighted by molar-refractivity contribution is 0.637. The van der Waals surface area contributed by atoms with E-state index in [2.05, 4.69) is 22.6 Å². The maximum atomic E-state index is 5.93.